The van der Waals surface area contributed by atoms with Crippen LogP contribution in [0, 0.1) is 0 Å². The largest absolute Gasteiger partial charge is 0.490 e. The molecule has 0 unspecified atom stereocenters. The van der Waals surface area contributed by atoms with Crippen LogP contribution < -0.4 is 15.7 Å². The van der Waals surface area contributed by atoms with Crippen molar-refractivity contribution in [1.29, 1.82) is 0 Å². The van der Waals surface area contributed by atoms with E-state index in [1.54, 1.807) is 0 Å². The van der Waals surface area contributed by atoms with Gasteiger partial charge in [0.2, 0.25) is 0 Å². The van der Waals surface area contributed by atoms with Gasteiger partial charge >= 0.3 is 11.7 Å². The number of imidazole rings is 1. The van der Waals surface area contributed by atoms with Crippen molar-refractivity contribution < 1.29 is 9.53 Å². The van der Waals surface area contributed by atoms with Gasteiger partial charge in [-0.1, -0.05) is 42.5 Å². The molecule has 0 bridgehead atoms. The average Bonchev–Trinajstić information content (AvgIpc) is 3.27. The van der Waals surface area contributed by atoms with Gasteiger partial charge in [0, 0.05) is 44.7 Å². The van der Waals surface area contributed by atoms with Crippen LogP contribution in [0.5, 0.6) is 5.75 Å². The van der Waals surface area contributed by atoms with E-state index < -0.39 is 0 Å². The van der Waals surface area contributed by atoms with Gasteiger partial charge in [-0.05, 0) is 30.5 Å². The number of hydrogen-bond acceptors (Lipinski definition) is 5. The van der Waals surface area contributed by atoms with E-state index in [4.69, 9.17) is 4.74 Å². The molecule has 1 fully saturated rings. The van der Waals surface area contributed by atoms with Crippen LogP contribution in [0.15, 0.2) is 59.4 Å². The number of aromatic nitrogens is 3. The quantitative estimate of drug-likeness (QED) is 0.341. The van der Waals surface area contributed by atoms with Crippen LogP contribution >= 0.6 is 0 Å². The summed E-state index contributed by atoms with van der Waals surface area (Å²) < 4.78 is 6.05. The van der Waals surface area contributed by atoms with Gasteiger partial charge in [-0.3, -0.25) is 9.88 Å². The SMILES string of the molecule is O=C(NCCCOc1c2ccccc2nc2[nH]c(=O)[nH]c12)N1CCN(CCc2ccccc2)CC1. The van der Waals surface area contributed by atoms with Crippen molar-refractivity contribution >= 4 is 28.1 Å². The fourth-order valence-corrected chi connectivity index (χ4v) is 4.45. The van der Waals surface area contributed by atoms with E-state index in [9.17, 15) is 9.59 Å². The van der Waals surface area contributed by atoms with Crippen molar-refractivity contribution in [3.8, 4) is 5.75 Å². The number of pyridine rings is 1. The third kappa shape index (κ3) is 5.46. The number of nitrogens with one attached hydrogen (secondary N) is 3. The standard InChI is InChI=1S/C26H30N6O3/c33-25-29-22-23(20-9-4-5-10-21(20)28-24(22)30-25)35-18-6-12-27-26(34)32-16-14-31(15-17-32)13-11-19-7-2-1-3-8-19/h1-5,7-10H,6,11-18H2,(H,27,34)(H2,28,29,30,33). The zero-order chi connectivity index (χ0) is 24.0. The Balaban J connectivity index is 1.06. The highest BCUT2D eigenvalue weighted by Crippen LogP contribution is 2.30. The van der Waals surface area contributed by atoms with Gasteiger partial charge in [-0.15, -0.1) is 0 Å². The minimum Gasteiger partial charge on any atom is -0.490 e. The lowest BCUT2D eigenvalue weighted by Crippen LogP contribution is -2.52. The number of rotatable bonds is 8. The summed E-state index contributed by atoms with van der Waals surface area (Å²) in [5.74, 6) is 0.599. The van der Waals surface area contributed by atoms with Crippen molar-refractivity contribution in [3.63, 3.8) is 0 Å². The first-order valence-electron chi connectivity index (χ1n) is 12.1. The van der Waals surface area contributed by atoms with E-state index in [-0.39, 0.29) is 11.7 Å². The summed E-state index contributed by atoms with van der Waals surface area (Å²) in [6.45, 7) is 5.19. The summed E-state index contributed by atoms with van der Waals surface area (Å²) in [6, 6.07) is 18.1. The number of piperazine rings is 1. The number of para-hydroxylation sites is 1. The molecule has 0 aliphatic carbocycles. The smallest absolute Gasteiger partial charge is 0.325 e. The van der Waals surface area contributed by atoms with Gasteiger partial charge in [-0.2, -0.15) is 0 Å². The molecule has 2 amide bonds. The molecule has 182 valence electrons. The average molecular weight is 475 g/mol. The Morgan fingerprint density at radius 1 is 1.00 bits per heavy atom. The molecular weight excluding hydrogens is 444 g/mol. The topological polar surface area (TPSA) is 106 Å². The number of carbonyl (C=O) groups excluding carboxylic acids is 1. The molecule has 3 heterocycles. The van der Waals surface area contributed by atoms with E-state index in [1.807, 2.05) is 35.2 Å². The molecule has 0 spiro atoms. The molecule has 35 heavy (non-hydrogen) atoms. The lowest BCUT2D eigenvalue weighted by atomic mass is 10.1. The normalized spacial score (nSPS) is 14.5. The Morgan fingerprint density at radius 2 is 1.77 bits per heavy atom. The van der Waals surface area contributed by atoms with E-state index >= 15 is 0 Å². The van der Waals surface area contributed by atoms with Crippen molar-refractivity contribution in [2.45, 2.75) is 12.8 Å². The monoisotopic (exact) mass is 474 g/mol. The second kappa shape index (κ2) is 10.6. The highest BCUT2D eigenvalue weighted by atomic mass is 16.5. The van der Waals surface area contributed by atoms with E-state index in [2.05, 4.69) is 49.4 Å². The first-order valence-corrected chi connectivity index (χ1v) is 12.1. The van der Waals surface area contributed by atoms with Crippen molar-refractivity contribution in [1.82, 2.24) is 30.1 Å². The molecule has 3 N–H and O–H groups in total. The summed E-state index contributed by atoms with van der Waals surface area (Å²) in [5, 5.41) is 3.84. The van der Waals surface area contributed by atoms with Gasteiger partial charge in [-0.25, -0.2) is 14.6 Å². The molecule has 4 aromatic rings. The van der Waals surface area contributed by atoms with Crippen LogP contribution in [0.2, 0.25) is 0 Å². The molecule has 9 nitrogen and oxygen atoms in total. The molecule has 1 aliphatic heterocycles. The van der Waals surface area contributed by atoms with Crippen molar-refractivity contribution in [2.75, 3.05) is 45.9 Å². The lowest BCUT2D eigenvalue weighted by Gasteiger charge is -2.34. The summed E-state index contributed by atoms with van der Waals surface area (Å²) >= 11 is 0. The third-order valence-electron chi connectivity index (χ3n) is 6.38. The number of nitrogens with zero attached hydrogens (tertiary/aromatic N) is 3. The molecule has 5 rings (SSSR count). The predicted molar refractivity (Wildman–Crippen MR) is 136 cm³/mol. The molecule has 9 heteroatoms. The maximum atomic E-state index is 12.6. The van der Waals surface area contributed by atoms with Crippen LogP contribution in [-0.2, 0) is 6.42 Å². The zero-order valence-corrected chi connectivity index (χ0v) is 19.6. The maximum Gasteiger partial charge on any atom is 0.325 e. The number of urea groups is 1. The van der Waals surface area contributed by atoms with Gasteiger partial charge in [0.25, 0.3) is 0 Å². The molecule has 2 aromatic heterocycles. The minimum atomic E-state index is -0.319. The Labute approximate surface area is 203 Å². The summed E-state index contributed by atoms with van der Waals surface area (Å²) in [7, 11) is 0. The van der Waals surface area contributed by atoms with Crippen LogP contribution in [0.1, 0.15) is 12.0 Å². The fraction of sp³-hybridized carbons (Fsp3) is 0.346. The Kier molecular flexibility index (Phi) is 6.94. The number of amides is 2. The number of H-pyrrole nitrogens is 2. The van der Waals surface area contributed by atoms with Crippen LogP contribution in [0.25, 0.3) is 22.1 Å². The molecule has 0 atom stereocenters. The molecule has 2 aromatic carbocycles. The highest BCUT2D eigenvalue weighted by molar-refractivity contribution is 5.97. The molecule has 1 saturated heterocycles. The van der Waals surface area contributed by atoms with E-state index in [0.29, 0.717) is 36.5 Å². The second-order valence-electron chi connectivity index (χ2n) is 8.76. The number of fused-ring (bicyclic) bond motifs is 2. The molecule has 0 radical (unpaired) electrons. The molecule has 0 saturated carbocycles. The third-order valence-corrected chi connectivity index (χ3v) is 6.38. The summed E-state index contributed by atoms with van der Waals surface area (Å²) in [4.78, 5) is 38.6. The number of aromatic amines is 2. The van der Waals surface area contributed by atoms with Gasteiger partial charge < -0.3 is 19.9 Å². The van der Waals surface area contributed by atoms with Crippen LogP contribution in [0.3, 0.4) is 0 Å². The van der Waals surface area contributed by atoms with E-state index in [0.717, 1.165) is 50.0 Å². The number of benzene rings is 2. The van der Waals surface area contributed by atoms with E-state index in [1.165, 1.54) is 5.56 Å². The number of hydrogen-bond donors (Lipinski definition) is 3. The first-order chi connectivity index (χ1) is 17.2. The minimum absolute atomic E-state index is 0.0283. The van der Waals surface area contributed by atoms with Gasteiger partial charge in [0.15, 0.2) is 11.4 Å². The van der Waals surface area contributed by atoms with Crippen LogP contribution in [0.4, 0.5) is 4.79 Å². The van der Waals surface area contributed by atoms with Gasteiger partial charge in [0.1, 0.15) is 5.52 Å². The second-order valence-corrected chi connectivity index (χ2v) is 8.76. The van der Waals surface area contributed by atoms with Crippen molar-refractivity contribution in [2.24, 2.45) is 0 Å². The Bertz CT molecular complexity index is 1340. The van der Waals surface area contributed by atoms with Crippen molar-refractivity contribution in [3.05, 3.63) is 70.6 Å². The maximum absolute atomic E-state index is 12.6. The fourth-order valence-electron chi connectivity index (χ4n) is 4.45. The summed E-state index contributed by atoms with van der Waals surface area (Å²) in [5.41, 5.74) is 2.81. The number of ether oxygens (including phenoxy) is 1. The van der Waals surface area contributed by atoms with Gasteiger partial charge in [0.05, 0.1) is 12.1 Å². The Hall–Kier alpha value is -3.85. The first kappa shape index (κ1) is 22.9. The number of carbonyl (C=O) groups is 1. The summed E-state index contributed by atoms with van der Waals surface area (Å²) in [6.07, 6.45) is 1.68. The van der Waals surface area contributed by atoms with Crippen LogP contribution in [-0.4, -0.2) is 76.7 Å². The molecule has 1 aliphatic rings. The Morgan fingerprint density at radius 3 is 2.60 bits per heavy atom. The lowest BCUT2D eigenvalue weighted by molar-refractivity contribution is 0.140. The predicted octanol–water partition coefficient (Wildman–Crippen LogP) is 2.74. The highest BCUT2D eigenvalue weighted by Gasteiger charge is 2.20. The molecular formula is C26H30N6O3. The zero-order valence-electron chi connectivity index (χ0n) is 19.6.